The molecular weight excluding hydrogens is 331 g/mol. The molecule has 1 saturated heterocycles. The largest absolute Gasteiger partial charge is 0.494 e. The van der Waals surface area contributed by atoms with E-state index in [0.29, 0.717) is 0 Å². The first kappa shape index (κ1) is 16.8. The predicted molar refractivity (Wildman–Crippen MR) is 115 cm³/mol. The van der Waals surface area contributed by atoms with Crippen molar-refractivity contribution in [3.8, 4) is 0 Å². The van der Waals surface area contributed by atoms with Gasteiger partial charge in [-0.25, -0.2) is 0 Å². The Kier molecular flexibility index (Phi) is 3.47. The van der Waals surface area contributed by atoms with Crippen molar-refractivity contribution >= 4 is 44.9 Å². The third kappa shape index (κ3) is 2.49. The monoisotopic (exact) mass is 354 g/mol. The van der Waals surface area contributed by atoms with Crippen LogP contribution >= 0.6 is 0 Å². The molecule has 0 bridgehead atoms. The van der Waals surface area contributed by atoms with Crippen molar-refractivity contribution in [1.82, 2.24) is 0 Å². The van der Waals surface area contributed by atoms with E-state index in [1.54, 1.807) is 0 Å². The average Bonchev–Trinajstić information content (AvgIpc) is 2.88. The lowest BCUT2D eigenvalue weighted by Gasteiger charge is -2.32. The molecule has 4 aromatic rings. The van der Waals surface area contributed by atoms with Crippen molar-refractivity contribution in [2.24, 2.45) is 0 Å². The van der Waals surface area contributed by atoms with Gasteiger partial charge in [0, 0.05) is 0 Å². The predicted octanol–water partition coefficient (Wildman–Crippen LogP) is 5.45. The van der Waals surface area contributed by atoms with Gasteiger partial charge >= 0.3 is 7.12 Å². The number of rotatable bonds is 1. The van der Waals surface area contributed by atoms with Gasteiger partial charge in [-0.05, 0) is 65.5 Å². The highest BCUT2D eigenvalue weighted by molar-refractivity contribution is 6.62. The van der Waals surface area contributed by atoms with Crippen LogP contribution in [-0.4, -0.2) is 18.3 Å². The summed E-state index contributed by atoms with van der Waals surface area (Å²) in [5.74, 6) is 0. The highest BCUT2D eigenvalue weighted by Crippen LogP contribution is 2.37. The zero-order valence-corrected chi connectivity index (χ0v) is 16.2. The molecule has 5 rings (SSSR count). The molecule has 0 aromatic heterocycles. The van der Waals surface area contributed by atoms with Crippen LogP contribution in [0.5, 0.6) is 0 Å². The van der Waals surface area contributed by atoms with Crippen LogP contribution in [0.1, 0.15) is 27.7 Å². The van der Waals surface area contributed by atoms with Gasteiger partial charge in [0.05, 0.1) is 11.2 Å². The molecule has 0 amide bonds. The first-order valence-corrected chi connectivity index (χ1v) is 9.56. The molecule has 0 atom stereocenters. The van der Waals surface area contributed by atoms with Gasteiger partial charge in [0.15, 0.2) is 0 Å². The van der Waals surface area contributed by atoms with E-state index in [2.05, 4.69) is 94.4 Å². The van der Waals surface area contributed by atoms with E-state index in [0.717, 1.165) is 5.46 Å². The topological polar surface area (TPSA) is 18.5 Å². The minimum Gasteiger partial charge on any atom is -0.399 e. The Hall–Kier alpha value is -2.36. The molecule has 0 radical (unpaired) electrons. The SMILES string of the molecule is CC1(C)OB(c2ccc3ccc4ccc5ccccc5c4c3c2)OC1(C)C. The van der Waals surface area contributed by atoms with Gasteiger partial charge in [0.2, 0.25) is 0 Å². The molecule has 0 saturated carbocycles. The summed E-state index contributed by atoms with van der Waals surface area (Å²) < 4.78 is 12.6. The molecule has 1 heterocycles. The molecule has 27 heavy (non-hydrogen) atoms. The lowest BCUT2D eigenvalue weighted by Crippen LogP contribution is -2.41. The van der Waals surface area contributed by atoms with Crippen LogP contribution < -0.4 is 5.46 Å². The highest BCUT2D eigenvalue weighted by atomic mass is 16.7. The van der Waals surface area contributed by atoms with Crippen LogP contribution in [0.15, 0.2) is 66.7 Å². The van der Waals surface area contributed by atoms with Crippen LogP contribution in [-0.2, 0) is 9.31 Å². The number of hydrogen-bond donors (Lipinski definition) is 0. The second-order valence-corrected chi connectivity index (χ2v) is 8.52. The molecule has 4 aromatic carbocycles. The molecular formula is C24H23BO2. The lowest BCUT2D eigenvalue weighted by atomic mass is 9.77. The van der Waals surface area contributed by atoms with Crippen molar-refractivity contribution in [3.05, 3.63) is 66.7 Å². The molecule has 134 valence electrons. The third-order valence-corrected chi connectivity index (χ3v) is 6.28. The maximum absolute atomic E-state index is 6.28. The van der Waals surface area contributed by atoms with E-state index in [1.807, 2.05) is 0 Å². The Morgan fingerprint density at radius 3 is 1.89 bits per heavy atom. The fourth-order valence-electron chi connectivity index (χ4n) is 3.97. The molecule has 0 aliphatic carbocycles. The standard InChI is InChI=1S/C24H23BO2/c1-23(2)24(3,4)27-25(26-23)19-14-13-17-10-12-18-11-9-16-7-5-6-8-20(16)22(18)21(17)15-19/h5-15H,1-4H3. The highest BCUT2D eigenvalue weighted by Gasteiger charge is 2.51. The summed E-state index contributed by atoms with van der Waals surface area (Å²) in [6.45, 7) is 8.38. The summed E-state index contributed by atoms with van der Waals surface area (Å²) in [5, 5.41) is 7.58. The van der Waals surface area contributed by atoms with Crippen molar-refractivity contribution in [3.63, 3.8) is 0 Å². The molecule has 0 unspecified atom stereocenters. The second kappa shape index (κ2) is 5.57. The summed E-state index contributed by atoms with van der Waals surface area (Å²) >= 11 is 0. The minimum atomic E-state index is -0.343. The fourth-order valence-corrected chi connectivity index (χ4v) is 3.97. The van der Waals surface area contributed by atoms with Gasteiger partial charge in [-0.1, -0.05) is 66.7 Å². The lowest BCUT2D eigenvalue weighted by molar-refractivity contribution is 0.00578. The number of hydrogen-bond acceptors (Lipinski definition) is 2. The van der Waals surface area contributed by atoms with Gasteiger partial charge < -0.3 is 9.31 Å². The van der Waals surface area contributed by atoms with Crippen LogP contribution in [0.2, 0.25) is 0 Å². The summed E-state index contributed by atoms with van der Waals surface area (Å²) in [6.07, 6.45) is 0. The van der Waals surface area contributed by atoms with Crippen molar-refractivity contribution in [2.45, 2.75) is 38.9 Å². The van der Waals surface area contributed by atoms with Crippen LogP contribution in [0.25, 0.3) is 32.3 Å². The van der Waals surface area contributed by atoms with Crippen molar-refractivity contribution in [2.75, 3.05) is 0 Å². The van der Waals surface area contributed by atoms with E-state index < -0.39 is 0 Å². The zero-order chi connectivity index (χ0) is 18.8. The van der Waals surface area contributed by atoms with E-state index in [4.69, 9.17) is 9.31 Å². The number of fused-ring (bicyclic) bond motifs is 5. The molecule has 1 aliphatic rings. The minimum absolute atomic E-state index is 0.335. The van der Waals surface area contributed by atoms with Crippen LogP contribution in [0.3, 0.4) is 0 Å². The Bertz CT molecular complexity index is 1170. The Balaban J connectivity index is 1.76. The molecule has 1 aliphatic heterocycles. The van der Waals surface area contributed by atoms with Crippen molar-refractivity contribution < 1.29 is 9.31 Å². The Morgan fingerprint density at radius 1 is 0.630 bits per heavy atom. The average molecular weight is 354 g/mol. The summed E-state index contributed by atoms with van der Waals surface area (Å²) in [7, 11) is -0.343. The smallest absolute Gasteiger partial charge is 0.399 e. The summed E-state index contributed by atoms with van der Waals surface area (Å²) in [4.78, 5) is 0. The molecule has 0 N–H and O–H groups in total. The third-order valence-electron chi connectivity index (χ3n) is 6.28. The van der Waals surface area contributed by atoms with Crippen LogP contribution in [0.4, 0.5) is 0 Å². The van der Waals surface area contributed by atoms with Crippen LogP contribution in [0, 0.1) is 0 Å². The fraction of sp³-hybridized carbons (Fsp3) is 0.250. The quantitative estimate of drug-likeness (QED) is 0.334. The van der Waals surface area contributed by atoms with Crippen molar-refractivity contribution in [1.29, 1.82) is 0 Å². The van der Waals surface area contributed by atoms with E-state index >= 15 is 0 Å². The first-order chi connectivity index (χ1) is 12.9. The summed E-state index contributed by atoms with van der Waals surface area (Å²) in [5.41, 5.74) is 0.400. The van der Waals surface area contributed by atoms with Gasteiger partial charge in [0.1, 0.15) is 0 Å². The molecule has 1 fully saturated rings. The maximum atomic E-state index is 6.28. The van der Waals surface area contributed by atoms with E-state index in [9.17, 15) is 0 Å². The van der Waals surface area contributed by atoms with E-state index in [-0.39, 0.29) is 18.3 Å². The second-order valence-electron chi connectivity index (χ2n) is 8.52. The molecule has 3 heteroatoms. The zero-order valence-electron chi connectivity index (χ0n) is 16.2. The molecule has 2 nitrogen and oxygen atoms in total. The van der Waals surface area contributed by atoms with Gasteiger partial charge in [-0.15, -0.1) is 0 Å². The molecule has 0 spiro atoms. The Morgan fingerprint density at radius 2 is 1.19 bits per heavy atom. The maximum Gasteiger partial charge on any atom is 0.494 e. The van der Waals surface area contributed by atoms with Gasteiger partial charge in [-0.3, -0.25) is 0 Å². The van der Waals surface area contributed by atoms with Gasteiger partial charge in [-0.2, -0.15) is 0 Å². The van der Waals surface area contributed by atoms with E-state index in [1.165, 1.54) is 32.3 Å². The Labute approximate surface area is 160 Å². The number of benzene rings is 4. The normalized spacial score (nSPS) is 18.6. The van der Waals surface area contributed by atoms with Gasteiger partial charge in [0.25, 0.3) is 0 Å². The first-order valence-electron chi connectivity index (χ1n) is 9.56. The summed E-state index contributed by atoms with van der Waals surface area (Å²) in [6, 6.07) is 23.9.